The Hall–Kier alpha value is -3.02. The molecule has 2 N–H and O–H groups in total. The van der Waals surface area contributed by atoms with Crippen LogP contribution in [0.5, 0.6) is 17.2 Å². The summed E-state index contributed by atoms with van der Waals surface area (Å²) < 4.78 is 10.3. The van der Waals surface area contributed by atoms with E-state index >= 15 is 0 Å². The number of hydrogen-bond acceptors (Lipinski definition) is 5. The highest BCUT2D eigenvalue weighted by atomic mass is 16.5. The van der Waals surface area contributed by atoms with E-state index in [1.807, 2.05) is 0 Å². The van der Waals surface area contributed by atoms with Gasteiger partial charge in [-0.15, -0.1) is 0 Å². The van der Waals surface area contributed by atoms with Gasteiger partial charge < -0.3 is 14.6 Å². The number of amides is 1. The highest BCUT2D eigenvalue weighted by Gasteiger charge is 2.08. The Balaban J connectivity index is 2.07. The van der Waals surface area contributed by atoms with Crippen LogP contribution in [0.2, 0.25) is 0 Å². The van der Waals surface area contributed by atoms with Crippen molar-refractivity contribution >= 4 is 12.1 Å². The maximum Gasteiger partial charge on any atom is 0.275 e. The third-order valence-corrected chi connectivity index (χ3v) is 2.94. The maximum atomic E-state index is 11.8. The van der Waals surface area contributed by atoms with E-state index in [-0.39, 0.29) is 11.3 Å². The largest absolute Gasteiger partial charge is 0.507 e. The molecule has 0 bridgehead atoms. The van der Waals surface area contributed by atoms with Gasteiger partial charge in [0, 0.05) is 0 Å². The molecule has 0 aromatic heterocycles. The lowest BCUT2D eigenvalue weighted by Crippen LogP contribution is -2.17. The third-order valence-electron chi connectivity index (χ3n) is 2.94. The summed E-state index contributed by atoms with van der Waals surface area (Å²) in [6, 6.07) is 11.5. The minimum Gasteiger partial charge on any atom is -0.507 e. The molecule has 6 heteroatoms. The minimum atomic E-state index is -0.491. The summed E-state index contributed by atoms with van der Waals surface area (Å²) in [6.07, 6.45) is 1.47. The molecular formula is C16H16N2O4. The number of phenolic OH excluding ortho intramolecular Hbond substituents is 1. The summed E-state index contributed by atoms with van der Waals surface area (Å²) >= 11 is 0. The lowest BCUT2D eigenvalue weighted by molar-refractivity contribution is 0.0952. The van der Waals surface area contributed by atoms with Gasteiger partial charge in [0.05, 0.1) is 26.0 Å². The van der Waals surface area contributed by atoms with Crippen molar-refractivity contribution in [2.24, 2.45) is 5.10 Å². The third kappa shape index (κ3) is 3.54. The fourth-order valence-corrected chi connectivity index (χ4v) is 1.82. The van der Waals surface area contributed by atoms with Crippen molar-refractivity contribution in [1.82, 2.24) is 5.43 Å². The summed E-state index contributed by atoms with van der Waals surface area (Å²) in [5.74, 6) is 0.590. The normalized spacial score (nSPS) is 10.5. The number of nitrogens with zero attached hydrogens (tertiary/aromatic N) is 1. The molecule has 0 spiro atoms. The molecule has 0 fully saturated rings. The molecule has 0 saturated heterocycles. The number of phenols is 1. The van der Waals surface area contributed by atoms with E-state index in [0.29, 0.717) is 11.5 Å². The summed E-state index contributed by atoms with van der Waals surface area (Å²) in [4.78, 5) is 11.8. The second-order valence-corrected chi connectivity index (χ2v) is 4.33. The number of aromatic hydroxyl groups is 1. The first kappa shape index (κ1) is 15.4. The molecule has 0 unspecified atom stereocenters. The fraction of sp³-hybridized carbons (Fsp3) is 0.125. The van der Waals surface area contributed by atoms with Crippen LogP contribution in [-0.2, 0) is 0 Å². The molecule has 114 valence electrons. The van der Waals surface area contributed by atoms with Crippen molar-refractivity contribution in [2.45, 2.75) is 0 Å². The molecule has 2 rings (SSSR count). The number of para-hydroxylation sites is 1. The lowest BCUT2D eigenvalue weighted by atomic mass is 10.2. The van der Waals surface area contributed by atoms with Gasteiger partial charge in [0.25, 0.3) is 5.91 Å². The van der Waals surface area contributed by atoms with Crippen molar-refractivity contribution in [3.63, 3.8) is 0 Å². The van der Waals surface area contributed by atoms with Gasteiger partial charge in [-0.1, -0.05) is 12.1 Å². The number of carbonyl (C=O) groups is 1. The van der Waals surface area contributed by atoms with E-state index < -0.39 is 5.91 Å². The Morgan fingerprint density at radius 3 is 2.55 bits per heavy atom. The van der Waals surface area contributed by atoms with Crippen LogP contribution in [0.15, 0.2) is 47.6 Å². The van der Waals surface area contributed by atoms with Crippen LogP contribution >= 0.6 is 0 Å². The molecule has 1 amide bonds. The number of hydrazone groups is 1. The zero-order valence-electron chi connectivity index (χ0n) is 12.2. The highest BCUT2D eigenvalue weighted by molar-refractivity contribution is 5.97. The molecular weight excluding hydrogens is 284 g/mol. The van der Waals surface area contributed by atoms with Crippen molar-refractivity contribution < 1.29 is 19.4 Å². The van der Waals surface area contributed by atoms with Gasteiger partial charge in [0.2, 0.25) is 0 Å². The number of hydrogen-bond donors (Lipinski definition) is 2. The number of benzene rings is 2. The Kier molecular flexibility index (Phi) is 4.98. The van der Waals surface area contributed by atoms with Crippen LogP contribution in [0.3, 0.4) is 0 Å². The zero-order chi connectivity index (χ0) is 15.9. The van der Waals surface area contributed by atoms with Crippen molar-refractivity contribution in [3.05, 3.63) is 53.6 Å². The molecule has 0 saturated carbocycles. The van der Waals surface area contributed by atoms with Gasteiger partial charge in [0.15, 0.2) is 11.5 Å². The first-order chi connectivity index (χ1) is 10.7. The van der Waals surface area contributed by atoms with Gasteiger partial charge >= 0.3 is 0 Å². The topological polar surface area (TPSA) is 80.2 Å². The second-order valence-electron chi connectivity index (χ2n) is 4.33. The Morgan fingerprint density at radius 2 is 1.86 bits per heavy atom. The molecule has 2 aromatic carbocycles. The Bertz CT molecular complexity index is 698. The van der Waals surface area contributed by atoms with Crippen LogP contribution in [0, 0.1) is 0 Å². The van der Waals surface area contributed by atoms with Crippen molar-refractivity contribution in [2.75, 3.05) is 14.2 Å². The van der Waals surface area contributed by atoms with Gasteiger partial charge in [-0.25, -0.2) is 5.43 Å². The molecule has 22 heavy (non-hydrogen) atoms. The lowest BCUT2D eigenvalue weighted by Gasteiger charge is -2.07. The van der Waals surface area contributed by atoms with E-state index in [0.717, 1.165) is 5.56 Å². The highest BCUT2D eigenvalue weighted by Crippen LogP contribution is 2.26. The molecule has 0 aliphatic rings. The number of ether oxygens (including phenoxy) is 2. The van der Waals surface area contributed by atoms with E-state index in [4.69, 9.17) is 9.47 Å². The number of rotatable bonds is 5. The molecule has 0 heterocycles. The first-order valence-corrected chi connectivity index (χ1v) is 6.49. The summed E-state index contributed by atoms with van der Waals surface area (Å²) in [7, 11) is 3.09. The monoisotopic (exact) mass is 300 g/mol. The van der Waals surface area contributed by atoms with Gasteiger partial charge in [0.1, 0.15) is 5.75 Å². The van der Waals surface area contributed by atoms with E-state index in [9.17, 15) is 9.90 Å². The summed E-state index contributed by atoms with van der Waals surface area (Å²) in [5, 5.41) is 13.4. The van der Waals surface area contributed by atoms with Crippen LogP contribution in [0.25, 0.3) is 0 Å². The summed E-state index contributed by atoms with van der Waals surface area (Å²) in [5.41, 5.74) is 3.24. The Morgan fingerprint density at radius 1 is 1.14 bits per heavy atom. The first-order valence-electron chi connectivity index (χ1n) is 6.49. The van der Waals surface area contributed by atoms with Crippen molar-refractivity contribution in [1.29, 1.82) is 0 Å². The van der Waals surface area contributed by atoms with Crippen LogP contribution < -0.4 is 14.9 Å². The van der Waals surface area contributed by atoms with Gasteiger partial charge in [-0.2, -0.15) is 5.10 Å². The molecule has 0 atom stereocenters. The van der Waals surface area contributed by atoms with Crippen molar-refractivity contribution in [3.8, 4) is 17.2 Å². The fourth-order valence-electron chi connectivity index (χ4n) is 1.82. The van der Waals surface area contributed by atoms with Crippen LogP contribution in [0.1, 0.15) is 15.9 Å². The number of methoxy groups -OCH3 is 2. The maximum absolute atomic E-state index is 11.8. The standard InChI is InChI=1S/C16H16N2O4/c1-21-14-8-7-11(9-15(14)22-2)10-17-18-16(20)12-5-3-4-6-13(12)19/h3-10,19H,1-2H3,(H,18,20). The van der Waals surface area contributed by atoms with Crippen LogP contribution in [-0.4, -0.2) is 31.4 Å². The van der Waals surface area contributed by atoms with Gasteiger partial charge in [-0.3, -0.25) is 4.79 Å². The molecule has 6 nitrogen and oxygen atoms in total. The van der Waals surface area contributed by atoms with E-state index in [1.165, 1.54) is 18.3 Å². The molecule has 0 aliphatic carbocycles. The summed E-state index contributed by atoms with van der Waals surface area (Å²) in [6.45, 7) is 0. The molecule has 0 aliphatic heterocycles. The second kappa shape index (κ2) is 7.12. The number of nitrogens with one attached hydrogen (secondary N) is 1. The molecule has 2 aromatic rings. The SMILES string of the molecule is COc1ccc(C=NNC(=O)c2ccccc2O)cc1OC. The minimum absolute atomic E-state index is 0.0960. The predicted molar refractivity (Wildman–Crippen MR) is 82.7 cm³/mol. The van der Waals surface area contributed by atoms with Crippen LogP contribution in [0.4, 0.5) is 0 Å². The zero-order valence-corrected chi connectivity index (χ0v) is 12.2. The van der Waals surface area contributed by atoms with E-state index in [2.05, 4.69) is 10.5 Å². The Labute approximate surface area is 128 Å². The average molecular weight is 300 g/mol. The van der Waals surface area contributed by atoms with Gasteiger partial charge in [-0.05, 0) is 35.9 Å². The average Bonchev–Trinajstić information content (AvgIpc) is 2.55. The number of carbonyl (C=O) groups excluding carboxylic acids is 1. The predicted octanol–water partition coefficient (Wildman–Crippen LogP) is 2.17. The van der Waals surface area contributed by atoms with E-state index in [1.54, 1.807) is 44.6 Å². The molecule has 0 radical (unpaired) electrons. The quantitative estimate of drug-likeness (QED) is 0.655. The smallest absolute Gasteiger partial charge is 0.275 e.